The second-order valence-corrected chi connectivity index (χ2v) is 38.7. The van der Waals surface area contributed by atoms with Crippen LogP contribution < -0.4 is 30.8 Å². The third-order valence-electron chi connectivity index (χ3n) is 12.3. The second kappa shape index (κ2) is 34.5. The Bertz CT molecular complexity index is 4360. The zero-order valence-electron chi connectivity index (χ0n) is 53.9. The smallest absolute Gasteiger partial charge is 0.257 e. The molecular formula is C45H84ClN21O17S8Si. The van der Waals surface area contributed by atoms with Gasteiger partial charge in [0.15, 0.2) is 48.3 Å². The van der Waals surface area contributed by atoms with E-state index in [-0.39, 0.29) is 71.7 Å². The highest BCUT2D eigenvalue weighted by Gasteiger charge is 2.37. The number of rotatable bonds is 18. The second-order valence-electron chi connectivity index (χ2n) is 21.6. The van der Waals surface area contributed by atoms with Crippen molar-refractivity contribution in [3.63, 3.8) is 0 Å². The first-order valence-electron chi connectivity index (χ1n) is 25.9. The summed E-state index contributed by atoms with van der Waals surface area (Å²) in [6.07, 6.45) is 14.4. The van der Waals surface area contributed by atoms with Crippen molar-refractivity contribution in [2.75, 3.05) is 26.6 Å². The Kier molecular flexibility index (Phi) is 31.7. The quantitative estimate of drug-likeness (QED) is 0.0326. The summed E-state index contributed by atoms with van der Waals surface area (Å²) in [5.74, 6) is 4.02. The number of aliphatic hydroxyl groups excluding tert-OH is 2. The number of nitrogens with two attached hydrogens (primary N) is 6. The number of sulfone groups is 1. The minimum absolute atomic E-state index is 0.0174. The molecule has 14 N–H and O–H groups in total. The Morgan fingerprint density at radius 2 is 0.806 bits per heavy atom. The monoisotopic (exact) mass is 1510 g/mol. The Balaban J connectivity index is 0.000000548. The summed E-state index contributed by atoms with van der Waals surface area (Å²) in [4.78, 5) is 28.5. The van der Waals surface area contributed by atoms with E-state index in [9.17, 15) is 58.9 Å². The average Bonchev–Trinajstić information content (AvgIpc) is 1.86. The molecule has 0 aliphatic rings. The Morgan fingerprint density at radius 3 is 1.08 bits per heavy atom. The summed E-state index contributed by atoms with van der Waals surface area (Å²) in [6, 6.07) is 0. The molecule has 0 aliphatic carbocycles. The van der Waals surface area contributed by atoms with Crippen LogP contribution in [0.3, 0.4) is 0 Å². The van der Waals surface area contributed by atoms with Crippen molar-refractivity contribution >= 4 is 102 Å². The van der Waals surface area contributed by atoms with Crippen LogP contribution in [-0.2, 0) is 167 Å². The van der Waals surface area contributed by atoms with Gasteiger partial charge >= 0.3 is 0 Å². The van der Waals surface area contributed by atoms with Gasteiger partial charge in [-0.2, -0.15) is 11.8 Å². The van der Waals surface area contributed by atoms with Crippen LogP contribution in [0.25, 0.3) is 0 Å². The number of hydrogen-bond donors (Lipinski definition) is 8. The number of thioether (sulfide) groups is 1. The van der Waals surface area contributed by atoms with Gasteiger partial charge in [-0.25, -0.2) is 125 Å². The van der Waals surface area contributed by atoms with E-state index in [4.69, 9.17) is 57.1 Å². The van der Waals surface area contributed by atoms with E-state index >= 15 is 0 Å². The first-order valence-corrected chi connectivity index (χ1v) is 42.1. The number of hydrogen-bond acceptors (Lipinski definition) is 26. The molecule has 0 saturated carbocycles. The van der Waals surface area contributed by atoms with Crippen LogP contribution in [0.1, 0.15) is 61.5 Å². The molecule has 530 valence electrons. The number of nitrogens with zero attached hydrogens (tertiary/aromatic N) is 15. The predicted molar refractivity (Wildman–Crippen MR) is 347 cm³/mol. The van der Waals surface area contributed by atoms with Crippen molar-refractivity contribution in [3.8, 4) is 0 Å². The van der Waals surface area contributed by atoms with Gasteiger partial charge in [0.05, 0.1) is 24.8 Å². The lowest BCUT2D eigenvalue weighted by Crippen LogP contribution is -2.40. The number of primary sulfonamides is 6. The van der Waals surface area contributed by atoms with Gasteiger partial charge < -0.3 is 51.5 Å². The van der Waals surface area contributed by atoms with E-state index in [0.29, 0.717) is 48.0 Å². The molecule has 0 saturated heterocycles. The molecule has 0 fully saturated rings. The highest BCUT2D eigenvalue weighted by Crippen LogP contribution is 2.37. The molecule has 7 aromatic rings. The topological polar surface area (TPSA) is 573 Å². The molecule has 0 aliphatic heterocycles. The van der Waals surface area contributed by atoms with Crippen molar-refractivity contribution in [2.45, 2.75) is 113 Å². The standard InChI is InChI=1S/C11H23N3O3SSi.C7H14N4O2S.C6H11N3O4S2.C6H11N3O2S2.C5H8ClN3O2S.C5H9N3O3S.C5H8N2O/c1-11(2,3)19(5,6)17-8-9-13-10(7-14(9)4)18(12,15)16;1-10(2)4-6-9-7(5-11(6)3)14(8,12)13;1-9-3-6(15(7,12)13)8-5(9)4-14(2,10)11;1-9-3-6(13(7,10)11)8-5(9)4-12-2;1-9-3-5(12(7,10)11)8-4(9)2-6;1-8-2-5(12(6,10)11)7-4(8)3-9;1-7-3-2-6-5(7)4-8/h7H,8H2,1-6H3,(H2,12,15,16);5H,4H2,1-3H3,(H2,8,12,13);3H,4H2,1-2H3,(H2,7,12,13);3H,4H2,1-2H3,(H2,7,10,11);3H,2H2,1H3,(H2,7,10,11);2,9H,3H2,1H3,(H2,6,10,11);2-3,8H,4H2,1H3. The van der Waals surface area contributed by atoms with Gasteiger partial charge in [0.25, 0.3) is 60.1 Å². The molecule has 0 amide bonds. The average molecular weight is 1510 g/mol. The number of aromatic nitrogens is 14. The van der Waals surface area contributed by atoms with Gasteiger partial charge in [-0.1, -0.05) is 20.8 Å². The van der Waals surface area contributed by atoms with Crippen molar-refractivity contribution < 1.29 is 73.6 Å². The van der Waals surface area contributed by atoms with Crippen LogP contribution in [0.5, 0.6) is 0 Å². The lowest BCUT2D eigenvalue weighted by atomic mass is 10.2. The number of alkyl halides is 1. The van der Waals surface area contributed by atoms with Crippen molar-refractivity contribution in [2.24, 2.45) is 80.2 Å². The molecule has 0 aromatic carbocycles. The fraction of sp³-hybridized carbons (Fsp3) is 0.533. The van der Waals surface area contributed by atoms with Crippen LogP contribution in [0.15, 0.2) is 79.7 Å². The molecule has 48 heteroatoms. The first kappa shape index (κ1) is 85.6. The van der Waals surface area contributed by atoms with Crippen LogP contribution in [0, 0.1) is 0 Å². The third-order valence-corrected chi connectivity index (χ3v) is 23.0. The molecule has 0 spiro atoms. The summed E-state index contributed by atoms with van der Waals surface area (Å²) in [7, 11) is -12.1. The molecule has 93 heavy (non-hydrogen) atoms. The van der Waals surface area contributed by atoms with Crippen molar-refractivity contribution in [1.29, 1.82) is 0 Å². The number of halogens is 1. The van der Waals surface area contributed by atoms with E-state index in [2.05, 4.69) is 68.8 Å². The summed E-state index contributed by atoms with van der Waals surface area (Å²) in [5.41, 5.74) is 0. The van der Waals surface area contributed by atoms with E-state index < -0.39 is 78.3 Å². The minimum atomic E-state index is -3.89. The molecule has 0 radical (unpaired) electrons. The van der Waals surface area contributed by atoms with E-state index in [0.717, 1.165) is 6.26 Å². The zero-order chi connectivity index (χ0) is 72.6. The van der Waals surface area contributed by atoms with Crippen molar-refractivity contribution in [1.82, 2.24) is 71.8 Å². The number of aryl methyl sites for hydroxylation is 7. The maximum Gasteiger partial charge on any atom is 0.257 e. The molecule has 0 unspecified atom stereocenters. The van der Waals surface area contributed by atoms with E-state index in [1.165, 1.54) is 57.9 Å². The normalized spacial score (nSPS) is 12.4. The molecule has 38 nitrogen and oxygen atoms in total. The van der Waals surface area contributed by atoms with Gasteiger partial charge in [-0.3, -0.25) is 0 Å². The molecular weight excluding hydrogens is 1430 g/mol. The molecule has 0 atom stereocenters. The molecule has 7 aromatic heterocycles. The summed E-state index contributed by atoms with van der Waals surface area (Å²) in [6.45, 7) is 11.3. The zero-order valence-corrected chi connectivity index (χ0v) is 62.2. The van der Waals surface area contributed by atoms with Gasteiger partial charge in [-0.15, -0.1) is 11.6 Å². The molecule has 7 heterocycles. The predicted octanol–water partition coefficient (Wildman–Crippen LogP) is -2.46. The highest BCUT2D eigenvalue weighted by atomic mass is 35.5. The number of imidazole rings is 7. The first-order chi connectivity index (χ1) is 41.9. The Morgan fingerprint density at radius 1 is 0.505 bits per heavy atom. The van der Waals surface area contributed by atoms with Crippen molar-refractivity contribution in [3.05, 3.63) is 90.3 Å². The SMILES string of the molecule is CN(C)Cc1nc(S(N)(=O)=O)cn1C.CSCc1nc(S(N)(=O)=O)cn1C.Cn1cc(S(N)(=O)=O)nc1CCl.Cn1cc(S(N)(=O)=O)nc1CO.Cn1cc(S(N)(=O)=O)nc1CO[Si](C)(C)C(C)(C)C.Cn1cc(S(N)(=O)=O)nc1CS(C)(=O)=O.Cn1ccnc1CO. The van der Waals surface area contributed by atoms with Crippen LogP contribution in [-0.4, -0.2) is 176 Å². The fourth-order valence-corrected chi connectivity index (χ4v) is 11.8. The highest BCUT2D eigenvalue weighted by molar-refractivity contribution is 7.97. The van der Waals surface area contributed by atoms with Crippen LogP contribution >= 0.6 is 23.4 Å². The lowest BCUT2D eigenvalue weighted by molar-refractivity contribution is 0.263. The van der Waals surface area contributed by atoms with Gasteiger partial charge in [0, 0.05) is 105 Å². The summed E-state index contributed by atoms with van der Waals surface area (Å²) in [5, 5.41) is 45.7. The maximum atomic E-state index is 11.2. The Hall–Kier alpha value is -5.42. The third kappa shape index (κ3) is 29.2. The number of sulfonamides is 6. The lowest BCUT2D eigenvalue weighted by Gasteiger charge is -2.35. The van der Waals surface area contributed by atoms with Crippen LogP contribution in [0.2, 0.25) is 18.1 Å². The van der Waals surface area contributed by atoms with Gasteiger partial charge in [-0.05, 0) is 38.5 Å². The van der Waals surface area contributed by atoms with Gasteiger partial charge in [0.1, 0.15) is 59.7 Å². The van der Waals surface area contributed by atoms with E-state index in [1.807, 2.05) is 32.3 Å². The molecule has 0 bridgehead atoms. The van der Waals surface area contributed by atoms with Crippen LogP contribution in [0.4, 0.5) is 0 Å². The Labute approximate surface area is 553 Å². The maximum absolute atomic E-state index is 11.2. The fourth-order valence-electron chi connectivity index (χ4n) is 6.15. The largest absolute Gasteiger partial charge is 0.409 e. The van der Waals surface area contributed by atoms with Gasteiger partial charge in [0.2, 0.25) is 0 Å². The number of aliphatic hydroxyl groups is 2. The van der Waals surface area contributed by atoms with E-state index in [1.54, 1.807) is 77.7 Å². The summed E-state index contributed by atoms with van der Waals surface area (Å²) < 4.78 is 170. The summed E-state index contributed by atoms with van der Waals surface area (Å²) >= 11 is 7.05. The molecule has 7 rings (SSSR count). The minimum Gasteiger partial charge on any atom is -0.409 e.